The summed E-state index contributed by atoms with van der Waals surface area (Å²) in [6.07, 6.45) is 5.19. The molecule has 0 saturated heterocycles. The number of hydrogen-bond acceptors (Lipinski definition) is 2. The van der Waals surface area contributed by atoms with E-state index >= 15 is 0 Å². The Balaban J connectivity index is 2.89. The van der Waals surface area contributed by atoms with Crippen LogP contribution in [0.5, 0.6) is 0 Å². The molecule has 0 aliphatic rings. The third-order valence-electron chi connectivity index (χ3n) is 2.14. The van der Waals surface area contributed by atoms with Crippen molar-refractivity contribution in [2.45, 2.75) is 32.1 Å². The Bertz CT molecular complexity index is 238. The fraction of sp³-hybridized carbons (Fsp3) is 0.600. The predicted octanol–water partition coefficient (Wildman–Crippen LogP) is 2.84. The minimum Gasteiger partial charge on any atom is -0.261 e. The molecule has 0 aliphatic carbocycles. The third kappa shape index (κ3) is 2.66. The highest BCUT2D eigenvalue weighted by molar-refractivity contribution is 6.20. The molecule has 1 heterocycles. The number of nitrogens with zero attached hydrogens (tertiary/aromatic N) is 2. The van der Waals surface area contributed by atoms with Crippen LogP contribution in [0.3, 0.4) is 0 Å². The summed E-state index contributed by atoms with van der Waals surface area (Å²) in [5.74, 6) is 0.777. The number of halogens is 1. The lowest BCUT2D eigenvalue weighted by Gasteiger charge is -2.21. The minimum absolute atomic E-state index is 0.0942. The van der Waals surface area contributed by atoms with Gasteiger partial charge >= 0.3 is 0 Å². The van der Waals surface area contributed by atoms with Crippen LogP contribution in [0, 0.1) is 5.92 Å². The first-order chi connectivity index (χ1) is 6.13. The zero-order valence-electron chi connectivity index (χ0n) is 8.24. The Morgan fingerprint density at radius 1 is 1.23 bits per heavy atom. The highest BCUT2D eigenvalue weighted by atomic mass is 35.5. The van der Waals surface area contributed by atoms with E-state index in [1.165, 1.54) is 0 Å². The molecule has 1 rings (SSSR count). The Hall–Kier alpha value is -0.630. The molecular weight excluding hydrogens is 184 g/mol. The van der Waals surface area contributed by atoms with Gasteiger partial charge in [0.1, 0.15) is 0 Å². The number of hydrogen-bond donors (Lipinski definition) is 0. The van der Waals surface area contributed by atoms with Gasteiger partial charge in [0.2, 0.25) is 0 Å². The van der Waals surface area contributed by atoms with E-state index in [-0.39, 0.29) is 11.3 Å². The highest BCUT2D eigenvalue weighted by Crippen LogP contribution is 2.28. The standard InChI is InChI=1S/C10H15ClN2/c1-7(2)10(8(3)11)9-6-12-4-5-13-9/h4-8,10H,1-3H3. The van der Waals surface area contributed by atoms with Gasteiger partial charge in [-0.3, -0.25) is 9.97 Å². The second-order valence-electron chi connectivity index (χ2n) is 3.58. The maximum absolute atomic E-state index is 6.11. The van der Waals surface area contributed by atoms with Gasteiger partial charge in [-0.1, -0.05) is 13.8 Å². The average molecular weight is 199 g/mol. The molecule has 72 valence electrons. The van der Waals surface area contributed by atoms with Crippen molar-refractivity contribution in [1.29, 1.82) is 0 Å². The van der Waals surface area contributed by atoms with Gasteiger partial charge in [-0.05, 0) is 12.8 Å². The van der Waals surface area contributed by atoms with E-state index in [9.17, 15) is 0 Å². The van der Waals surface area contributed by atoms with Crippen molar-refractivity contribution >= 4 is 11.6 Å². The molecule has 13 heavy (non-hydrogen) atoms. The van der Waals surface area contributed by atoms with Gasteiger partial charge in [-0.15, -0.1) is 11.6 Å². The topological polar surface area (TPSA) is 25.8 Å². The van der Waals surface area contributed by atoms with Crippen LogP contribution in [0.25, 0.3) is 0 Å². The lowest BCUT2D eigenvalue weighted by molar-refractivity contribution is 0.478. The molecule has 0 saturated carbocycles. The smallest absolute Gasteiger partial charge is 0.0634 e. The first-order valence-electron chi connectivity index (χ1n) is 4.53. The first kappa shape index (κ1) is 10.5. The molecule has 0 fully saturated rings. The van der Waals surface area contributed by atoms with Gasteiger partial charge < -0.3 is 0 Å². The zero-order chi connectivity index (χ0) is 9.84. The van der Waals surface area contributed by atoms with Crippen molar-refractivity contribution in [2.75, 3.05) is 0 Å². The van der Waals surface area contributed by atoms with Crippen molar-refractivity contribution in [3.05, 3.63) is 24.3 Å². The van der Waals surface area contributed by atoms with Gasteiger partial charge in [-0.2, -0.15) is 0 Å². The van der Waals surface area contributed by atoms with Crippen molar-refractivity contribution in [2.24, 2.45) is 5.92 Å². The van der Waals surface area contributed by atoms with Gasteiger partial charge in [0, 0.05) is 29.9 Å². The summed E-state index contributed by atoms with van der Waals surface area (Å²) in [5, 5.41) is 0.0942. The van der Waals surface area contributed by atoms with Crippen LogP contribution in [-0.2, 0) is 0 Å². The molecular formula is C10H15ClN2. The maximum atomic E-state index is 6.11. The summed E-state index contributed by atoms with van der Waals surface area (Å²) in [5.41, 5.74) is 0.986. The maximum Gasteiger partial charge on any atom is 0.0634 e. The van der Waals surface area contributed by atoms with Crippen LogP contribution in [0.2, 0.25) is 0 Å². The molecule has 2 unspecified atom stereocenters. The summed E-state index contributed by atoms with van der Waals surface area (Å²) in [7, 11) is 0. The second kappa shape index (κ2) is 4.56. The lowest BCUT2D eigenvalue weighted by Crippen LogP contribution is -2.17. The molecule has 1 aromatic heterocycles. The minimum atomic E-state index is 0.0942. The fourth-order valence-corrected chi connectivity index (χ4v) is 2.01. The molecule has 2 atom stereocenters. The van der Waals surface area contributed by atoms with E-state index in [2.05, 4.69) is 23.8 Å². The molecule has 2 nitrogen and oxygen atoms in total. The van der Waals surface area contributed by atoms with Crippen LogP contribution in [0.4, 0.5) is 0 Å². The van der Waals surface area contributed by atoms with E-state index in [1.807, 2.05) is 6.92 Å². The van der Waals surface area contributed by atoms with Gasteiger partial charge in [0.15, 0.2) is 0 Å². The molecule has 3 heteroatoms. The molecule has 0 N–H and O–H groups in total. The Labute approximate surface area is 84.4 Å². The van der Waals surface area contributed by atoms with Crippen LogP contribution >= 0.6 is 11.6 Å². The summed E-state index contributed by atoms with van der Waals surface area (Å²) in [6, 6.07) is 0. The first-order valence-corrected chi connectivity index (χ1v) is 4.96. The molecule has 0 aromatic carbocycles. The Morgan fingerprint density at radius 3 is 2.31 bits per heavy atom. The van der Waals surface area contributed by atoms with E-state index < -0.39 is 0 Å². The Morgan fingerprint density at radius 2 is 1.92 bits per heavy atom. The molecule has 1 aromatic rings. The zero-order valence-corrected chi connectivity index (χ0v) is 8.99. The number of aromatic nitrogens is 2. The largest absolute Gasteiger partial charge is 0.261 e. The van der Waals surface area contributed by atoms with Crippen LogP contribution < -0.4 is 0 Å². The molecule has 0 amide bonds. The summed E-state index contributed by atoms with van der Waals surface area (Å²) >= 11 is 6.11. The van der Waals surface area contributed by atoms with Gasteiger partial charge in [-0.25, -0.2) is 0 Å². The van der Waals surface area contributed by atoms with Crippen molar-refractivity contribution in [3.8, 4) is 0 Å². The average Bonchev–Trinajstić information content (AvgIpc) is 2.04. The summed E-state index contributed by atoms with van der Waals surface area (Å²) in [6.45, 7) is 6.30. The van der Waals surface area contributed by atoms with Gasteiger partial charge in [0.05, 0.1) is 5.69 Å². The van der Waals surface area contributed by atoms with Gasteiger partial charge in [0.25, 0.3) is 0 Å². The molecule has 0 aliphatic heterocycles. The van der Waals surface area contributed by atoms with E-state index in [1.54, 1.807) is 18.6 Å². The van der Waals surface area contributed by atoms with Crippen molar-refractivity contribution in [1.82, 2.24) is 9.97 Å². The highest BCUT2D eigenvalue weighted by Gasteiger charge is 2.22. The number of rotatable bonds is 3. The van der Waals surface area contributed by atoms with E-state index in [0.29, 0.717) is 5.92 Å². The Kier molecular flexibility index (Phi) is 3.67. The van der Waals surface area contributed by atoms with Crippen LogP contribution in [0.1, 0.15) is 32.4 Å². The number of alkyl halides is 1. The second-order valence-corrected chi connectivity index (χ2v) is 4.27. The molecule has 0 spiro atoms. The van der Waals surface area contributed by atoms with Crippen molar-refractivity contribution < 1.29 is 0 Å². The molecule has 0 bridgehead atoms. The summed E-state index contributed by atoms with van der Waals surface area (Å²) in [4.78, 5) is 8.32. The fourth-order valence-electron chi connectivity index (χ4n) is 1.59. The van der Waals surface area contributed by atoms with E-state index in [0.717, 1.165) is 5.69 Å². The van der Waals surface area contributed by atoms with E-state index in [4.69, 9.17) is 11.6 Å². The normalized spacial score (nSPS) is 15.8. The van der Waals surface area contributed by atoms with Crippen molar-refractivity contribution in [3.63, 3.8) is 0 Å². The van der Waals surface area contributed by atoms with Crippen LogP contribution in [0.15, 0.2) is 18.6 Å². The lowest BCUT2D eigenvalue weighted by atomic mass is 9.90. The third-order valence-corrected chi connectivity index (χ3v) is 2.41. The molecule has 0 radical (unpaired) electrons. The van der Waals surface area contributed by atoms with Crippen LogP contribution in [-0.4, -0.2) is 15.3 Å². The quantitative estimate of drug-likeness (QED) is 0.699. The predicted molar refractivity (Wildman–Crippen MR) is 54.9 cm³/mol. The SMILES string of the molecule is CC(C)C(c1cnccn1)C(C)Cl. The summed E-state index contributed by atoms with van der Waals surface area (Å²) < 4.78 is 0. The monoisotopic (exact) mass is 198 g/mol.